The smallest absolute Gasteiger partial charge is 0.313 e. The van der Waals surface area contributed by atoms with Gasteiger partial charge in [-0.05, 0) is 12.1 Å². The first-order valence-electron chi connectivity index (χ1n) is 4.38. The zero-order valence-electron chi connectivity index (χ0n) is 8.23. The number of carbonyl (C=O) groups is 2. The van der Waals surface area contributed by atoms with E-state index >= 15 is 0 Å². The SMILES string of the molecule is O=C(O)CSCC(=O)NCc1ccc(Cl)s1. The number of thioether (sulfide) groups is 1. The minimum absolute atomic E-state index is 0.0573. The number of hydrogen-bond donors (Lipinski definition) is 2. The van der Waals surface area contributed by atoms with Crippen molar-refractivity contribution in [2.75, 3.05) is 11.5 Å². The third-order valence-corrected chi connectivity index (χ3v) is 3.70. The number of rotatable bonds is 6. The van der Waals surface area contributed by atoms with Gasteiger partial charge in [-0.15, -0.1) is 23.1 Å². The molecule has 0 saturated carbocycles. The van der Waals surface area contributed by atoms with Crippen molar-refractivity contribution in [3.63, 3.8) is 0 Å². The molecule has 7 heteroatoms. The molecule has 0 atom stereocenters. The lowest BCUT2D eigenvalue weighted by atomic mass is 10.4. The molecular weight excluding hydrogens is 270 g/mol. The maximum Gasteiger partial charge on any atom is 0.313 e. The van der Waals surface area contributed by atoms with E-state index in [1.165, 1.54) is 11.3 Å². The molecule has 0 saturated heterocycles. The fraction of sp³-hybridized carbons (Fsp3) is 0.333. The fourth-order valence-corrected chi connectivity index (χ4v) is 2.51. The van der Waals surface area contributed by atoms with Crippen LogP contribution >= 0.6 is 34.7 Å². The molecule has 0 fully saturated rings. The van der Waals surface area contributed by atoms with Gasteiger partial charge in [0.05, 0.1) is 22.4 Å². The van der Waals surface area contributed by atoms with Crippen LogP contribution in [0, 0.1) is 0 Å². The zero-order chi connectivity index (χ0) is 12.0. The highest BCUT2D eigenvalue weighted by Gasteiger charge is 2.04. The number of carboxylic acid groups (broad SMARTS) is 1. The maximum atomic E-state index is 11.3. The van der Waals surface area contributed by atoms with Crippen molar-refractivity contribution >= 4 is 46.6 Å². The van der Waals surface area contributed by atoms with Crippen LogP contribution in [0.2, 0.25) is 4.34 Å². The second kappa shape index (κ2) is 6.78. The van der Waals surface area contributed by atoms with Crippen molar-refractivity contribution in [1.82, 2.24) is 5.32 Å². The van der Waals surface area contributed by atoms with Crippen LogP contribution in [0.25, 0.3) is 0 Å². The van der Waals surface area contributed by atoms with Crippen LogP contribution < -0.4 is 5.32 Å². The van der Waals surface area contributed by atoms with Crippen LogP contribution in [0.5, 0.6) is 0 Å². The Bertz CT molecular complexity index is 381. The van der Waals surface area contributed by atoms with E-state index in [4.69, 9.17) is 16.7 Å². The molecule has 0 aliphatic heterocycles. The van der Waals surface area contributed by atoms with Crippen LogP contribution in [0.4, 0.5) is 0 Å². The molecular formula is C9H10ClNO3S2. The van der Waals surface area contributed by atoms with Gasteiger partial charge in [0.15, 0.2) is 0 Å². The Hall–Kier alpha value is -0.720. The first kappa shape index (κ1) is 13.3. The largest absolute Gasteiger partial charge is 0.481 e. The number of amides is 1. The standard InChI is InChI=1S/C9H10ClNO3S2/c10-7-2-1-6(16-7)3-11-8(12)4-15-5-9(13)14/h1-2H,3-5H2,(H,11,12)(H,13,14). The van der Waals surface area contributed by atoms with Gasteiger partial charge < -0.3 is 10.4 Å². The van der Waals surface area contributed by atoms with E-state index in [0.29, 0.717) is 10.9 Å². The van der Waals surface area contributed by atoms with Crippen LogP contribution in [-0.4, -0.2) is 28.5 Å². The molecule has 0 unspecified atom stereocenters. The molecule has 0 aromatic carbocycles. The molecule has 88 valence electrons. The van der Waals surface area contributed by atoms with Gasteiger partial charge in [0, 0.05) is 4.88 Å². The number of nitrogens with one attached hydrogen (secondary N) is 1. The summed E-state index contributed by atoms with van der Waals surface area (Å²) in [5.74, 6) is -0.984. The van der Waals surface area contributed by atoms with Gasteiger partial charge in [0.1, 0.15) is 0 Å². The average molecular weight is 280 g/mol. The number of carbonyl (C=O) groups excluding carboxylic acids is 1. The molecule has 4 nitrogen and oxygen atoms in total. The normalized spacial score (nSPS) is 10.1. The second-order valence-corrected chi connectivity index (χ2v) is 5.65. The second-order valence-electron chi connectivity index (χ2n) is 2.87. The van der Waals surface area contributed by atoms with E-state index in [-0.39, 0.29) is 17.4 Å². The molecule has 1 heterocycles. The van der Waals surface area contributed by atoms with Gasteiger partial charge >= 0.3 is 5.97 Å². The predicted molar refractivity (Wildman–Crippen MR) is 66.1 cm³/mol. The summed E-state index contributed by atoms with van der Waals surface area (Å²) in [7, 11) is 0. The Kier molecular flexibility index (Phi) is 5.65. The summed E-state index contributed by atoms with van der Waals surface area (Å²) in [4.78, 5) is 22.4. The number of carboxylic acids is 1. The van der Waals surface area contributed by atoms with Gasteiger partial charge in [-0.25, -0.2) is 0 Å². The Morgan fingerprint density at radius 1 is 1.44 bits per heavy atom. The van der Waals surface area contributed by atoms with E-state index in [1.807, 2.05) is 6.07 Å². The number of aliphatic carboxylic acids is 1. The summed E-state index contributed by atoms with van der Waals surface area (Å²) < 4.78 is 0.685. The quantitative estimate of drug-likeness (QED) is 0.834. The summed E-state index contributed by atoms with van der Waals surface area (Å²) in [5, 5.41) is 11.1. The maximum absolute atomic E-state index is 11.3. The van der Waals surface area contributed by atoms with Gasteiger partial charge in [0.2, 0.25) is 5.91 Å². The highest BCUT2D eigenvalue weighted by molar-refractivity contribution is 8.00. The Labute approximate surface area is 106 Å². The van der Waals surface area contributed by atoms with Crippen molar-refractivity contribution < 1.29 is 14.7 Å². The topological polar surface area (TPSA) is 66.4 Å². The molecule has 0 spiro atoms. The number of hydrogen-bond acceptors (Lipinski definition) is 4. The Morgan fingerprint density at radius 2 is 2.19 bits per heavy atom. The third kappa shape index (κ3) is 5.39. The van der Waals surface area contributed by atoms with Crippen LogP contribution in [0.3, 0.4) is 0 Å². The van der Waals surface area contributed by atoms with Gasteiger partial charge in [0.25, 0.3) is 0 Å². The molecule has 1 amide bonds. The van der Waals surface area contributed by atoms with Gasteiger partial charge in [-0.1, -0.05) is 11.6 Å². The van der Waals surface area contributed by atoms with E-state index < -0.39 is 5.97 Å². The highest BCUT2D eigenvalue weighted by atomic mass is 35.5. The average Bonchev–Trinajstić information content (AvgIpc) is 2.61. The van der Waals surface area contributed by atoms with E-state index in [9.17, 15) is 9.59 Å². The molecule has 16 heavy (non-hydrogen) atoms. The summed E-state index contributed by atoms with van der Waals surface area (Å²) in [6.45, 7) is 0.434. The summed E-state index contributed by atoms with van der Waals surface area (Å²) in [6, 6.07) is 3.62. The molecule has 0 bridgehead atoms. The van der Waals surface area contributed by atoms with Crippen LogP contribution in [0.1, 0.15) is 4.88 Å². The minimum Gasteiger partial charge on any atom is -0.481 e. The zero-order valence-corrected chi connectivity index (χ0v) is 10.6. The van der Waals surface area contributed by atoms with E-state index in [0.717, 1.165) is 16.6 Å². The molecule has 0 aliphatic rings. The highest BCUT2D eigenvalue weighted by Crippen LogP contribution is 2.20. The van der Waals surface area contributed by atoms with Crippen molar-refractivity contribution in [1.29, 1.82) is 0 Å². The lowest BCUT2D eigenvalue weighted by Gasteiger charge is -2.02. The molecule has 0 radical (unpaired) electrons. The molecule has 0 aliphatic carbocycles. The summed E-state index contributed by atoms with van der Waals surface area (Å²) in [5.41, 5.74) is 0. The van der Waals surface area contributed by atoms with E-state index in [1.54, 1.807) is 6.07 Å². The first-order chi connectivity index (χ1) is 7.58. The van der Waals surface area contributed by atoms with Crippen molar-refractivity contribution in [2.45, 2.75) is 6.54 Å². The van der Waals surface area contributed by atoms with Crippen molar-refractivity contribution in [3.8, 4) is 0 Å². The molecule has 2 N–H and O–H groups in total. The predicted octanol–water partition coefficient (Wildman–Crippen LogP) is 1.84. The monoisotopic (exact) mass is 279 g/mol. The Morgan fingerprint density at radius 3 is 2.75 bits per heavy atom. The van der Waals surface area contributed by atoms with Gasteiger partial charge in [-0.3, -0.25) is 9.59 Å². The minimum atomic E-state index is -0.914. The first-order valence-corrected chi connectivity index (χ1v) is 6.73. The molecule has 1 aromatic rings. The fourth-order valence-electron chi connectivity index (χ4n) is 0.915. The molecule has 1 aromatic heterocycles. The lowest BCUT2D eigenvalue weighted by Crippen LogP contribution is -2.24. The number of halogens is 1. The van der Waals surface area contributed by atoms with Crippen LogP contribution in [0.15, 0.2) is 12.1 Å². The molecule has 1 rings (SSSR count). The lowest BCUT2D eigenvalue weighted by molar-refractivity contribution is -0.133. The summed E-state index contributed by atoms with van der Waals surface area (Å²) in [6.07, 6.45) is 0. The van der Waals surface area contributed by atoms with Crippen molar-refractivity contribution in [3.05, 3.63) is 21.3 Å². The van der Waals surface area contributed by atoms with Gasteiger partial charge in [-0.2, -0.15) is 0 Å². The summed E-state index contributed by atoms with van der Waals surface area (Å²) >= 11 is 8.21. The van der Waals surface area contributed by atoms with Crippen LogP contribution in [-0.2, 0) is 16.1 Å². The Balaban J connectivity index is 2.17. The van der Waals surface area contributed by atoms with Crippen molar-refractivity contribution in [2.24, 2.45) is 0 Å². The third-order valence-electron chi connectivity index (χ3n) is 1.55. The van der Waals surface area contributed by atoms with E-state index in [2.05, 4.69) is 5.32 Å². The number of thiophene rings is 1.